The second kappa shape index (κ2) is 10.1. The molecule has 198 valence electrons. The van der Waals surface area contributed by atoms with Gasteiger partial charge in [0, 0.05) is 36.3 Å². The zero-order chi connectivity index (χ0) is 27.1. The van der Waals surface area contributed by atoms with Crippen LogP contribution in [-0.2, 0) is 16.2 Å². The molecule has 3 aromatic rings. The number of nitro groups is 1. The van der Waals surface area contributed by atoms with E-state index >= 15 is 0 Å². The molecule has 1 atom stereocenters. The summed E-state index contributed by atoms with van der Waals surface area (Å²) in [6, 6.07) is 8.40. The van der Waals surface area contributed by atoms with Gasteiger partial charge in [0.1, 0.15) is 16.1 Å². The second-order valence-corrected chi connectivity index (χ2v) is 12.2. The van der Waals surface area contributed by atoms with Gasteiger partial charge in [0.05, 0.1) is 20.5 Å². The highest BCUT2D eigenvalue weighted by Gasteiger charge is 2.36. The fraction of sp³-hybridized carbons (Fsp3) is 0.304. The van der Waals surface area contributed by atoms with Gasteiger partial charge >= 0.3 is 6.18 Å². The number of nitro benzene ring substituents is 1. The van der Waals surface area contributed by atoms with Crippen LogP contribution in [0.25, 0.3) is 11.1 Å². The molecule has 37 heavy (non-hydrogen) atoms. The number of benzene rings is 2. The van der Waals surface area contributed by atoms with Gasteiger partial charge in [-0.2, -0.15) is 13.2 Å². The number of halogens is 4. The maximum Gasteiger partial charge on any atom is 0.419 e. The standard InChI is InChI=1S/C23H21ClF3N3O5S2/c1-13-3-4-14(9-19(13)30(31)32)17-11-21(24)36-22(17)37(33,34)28-15-5-6-18(23(25,26)27)20(10-15)35-16-7-8-29(2)12-16/h3-6,9-11,16,28H,7-8,12H2,1-2H3/t16-/m1/s1. The van der Waals surface area contributed by atoms with E-state index < -0.39 is 38.5 Å². The molecule has 1 saturated heterocycles. The number of anilines is 1. The van der Waals surface area contributed by atoms with Gasteiger partial charge in [-0.25, -0.2) is 8.42 Å². The van der Waals surface area contributed by atoms with Crippen molar-refractivity contribution in [1.29, 1.82) is 0 Å². The van der Waals surface area contributed by atoms with E-state index in [-0.39, 0.29) is 31.0 Å². The molecule has 14 heteroatoms. The lowest BCUT2D eigenvalue weighted by molar-refractivity contribution is -0.385. The summed E-state index contributed by atoms with van der Waals surface area (Å²) in [5.41, 5.74) is -0.580. The van der Waals surface area contributed by atoms with Crippen molar-refractivity contribution in [2.24, 2.45) is 0 Å². The second-order valence-electron chi connectivity index (χ2n) is 8.61. The molecule has 2 heterocycles. The number of aryl methyl sites for hydroxylation is 1. The summed E-state index contributed by atoms with van der Waals surface area (Å²) in [5.74, 6) is -0.480. The highest BCUT2D eigenvalue weighted by Crippen LogP contribution is 2.42. The number of hydrogen-bond donors (Lipinski definition) is 1. The normalized spacial score (nSPS) is 16.6. The van der Waals surface area contributed by atoms with Crippen LogP contribution in [-0.4, -0.2) is 44.5 Å². The van der Waals surface area contributed by atoms with E-state index in [1.54, 1.807) is 6.92 Å². The summed E-state index contributed by atoms with van der Waals surface area (Å²) < 4.78 is 75.2. The predicted octanol–water partition coefficient (Wildman–Crippen LogP) is 6.19. The Morgan fingerprint density at radius 2 is 1.95 bits per heavy atom. The summed E-state index contributed by atoms with van der Waals surface area (Å²) in [6.45, 7) is 2.65. The average molecular weight is 576 g/mol. The molecule has 8 nitrogen and oxygen atoms in total. The van der Waals surface area contributed by atoms with Crippen LogP contribution in [0, 0.1) is 17.0 Å². The fourth-order valence-electron chi connectivity index (χ4n) is 4.01. The Morgan fingerprint density at radius 3 is 2.57 bits per heavy atom. The predicted molar refractivity (Wildman–Crippen MR) is 135 cm³/mol. The van der Waals surface area contributed by atoms with Gasteiger partial charge in [-0.3, -0.25) is 14.8 Å². The number of sulfonamides is 1. The number of hydrogen-bond acceptors (Lipinski definition) is 7. The van der Waals surface area contributed by atoms with Crippen molar-refractivity contribution in [3.05, 3.63) is 68.0 Å². The minimum atomic E-state index is -4.70. The lowest BCUT2D eigenvalue weighted by Crippen LogP contribution is -2.23. The zero-order valence-electron chi connectivity index (χ0n) is 19.5. The van der Waals surface area contributed by atoms with Crippen molar-refractivity contribution in [1.82, 2.24) is 4.90 Å². The van der Waals surface area contributed by atoms with E-state index in [9.17, 15) is 31.7 Å². The lowest BCUT2D eigenvalue weighted by atomic mass is 10.1. The van der Waals surface area contributed by atoms with Crippen molar-refractivity contribution < 1.29 is 31.2 Å². The maximum absolute atomic E-state index is 13.6. The van der Waals surface area contributed by atoms with Crippen LogP contribution in [0.15, 0.2) is 46.7 Å². The number of ether oxygens (including phenoxy) is 1. The smallest absolute Gasteiger partial charge is 0.419 e. The number of likely N-dealkylation sites (tertiary alicyclic amines) is 1. The SMILES string of the molecule is Cc1ccc(-c2cc(Cl)sc2S(=O)(=O)Nc2ccc(C(F)(F)F)c(O[C@@H]3CCN(C)C3)c2)cc1[N+](=O)[O-]. The molecule has 0 aliphatic carbocycles. The monoisotopic (exact) mass is 575 g/mol. The lowest BCUT2D eigenvalue weighted by Gasteiger charge is -2.19. The molecule has 1 fully saturated rings. The van der Waals surface area contributed by atoms with Crippen molar-refractivity contribution in [3.63, 3.8) is 0 Å². The summed E-state index contributed by atoms with van der Waals surface area (Å²) in [5, 5.41) is 11.4. The van der Waals surface area contributed by atoms with Crippen LogP contribution in [0.1, 0.15) is 17.5 Å². The molecule has 0 amide bonds. The van der Waals surface area contributed by atoms with Gasteiger partial charge in [0.15, 0.2) is 0 Å². The third-order valence-corrected chi connectivity index (χ3v) is 8.99. The van der Waals surface area contributed by atoms with E-state index in [1.807, 2.05) is 11.9 Å². The summed E-state index contributed by atoms with van der Waals surface area (Å²) in [6.07, 6.45) is -4.65. The maximum atomic E-state index is 13.6. The minimum Gasteiger partial charge on any atom is -0.488 e. The Morgan fingerprint density at radius 1 is 1.22 bits per heavy atom. The molecule has 1 aliphatic rings. The topological polar surface area (TPSA) is 102 Å². The van der Waals surface area contributed by atoms with Gasteiger partial charge in [-0.15, -0.1) is 11.3 Å². The Bertz CT molecular complexity index is 1460. The molecule has 0 spiro atoms. The van der Waals surface area contributed by atoms with E-state index in [2.05, 4.69) is 4.72 Å². The molecule has 0 radical (unpaired) electrons. The summed E-state index contributed by atoms with van der Waals surface area (Å²) in [7, 11) is -2.52. The number of nitrogens with zero attached hydrogens (tertiary/aromatic N) is 2. The van der Waals surface area contributed by atoms with Crippen LogP contribution < -0.4 is 9.46 Å². The van der Waals surface area contributed by atoms with E-state index in [4.69, 9.17) is 16.3 Å². The highest BCUT2D eigenvalue weighted by atomic mass is 35.5. The Hall–Kier alpha value is -2.87. The van der Waals surface area contributed by atoms with Gasteiger partial charge in [0.25, 0.3) is 15.7 Å². The molecular weight excluding hydrogens is 555 g/mol. The average Bonchev–Trinajstić information content (AvgIpc) is 3.38. The van der Waals surface area contributed by atoms with Crippen LogP contribution >= 0.6 is 22.9 Å². The van der Waals surface area contributed by atoms with Gasteiger partial charge < -0.3 is 9.64 Å². The van der Waals surface area contributed by atoms with Crippen LogP contribution in [0.3, 0.4) is 0 Å². The van der Waals surface area contributed by atoms with Gasteiger partial charge in [0.2, 0.25) is 0 Å². The Labute approximate surface area is 219 Å². The first-order chi connectivity index (χ1) is 17.2. The number of alkyl halides is 3. The van der Waals surface area contributed by atoms with Crippen LogP contribution in [0.4, 0.5) is 24.5 Å². The van der Waals surface area contributed by atoms with E-state index in [0.717, 1.165) is 29.5 Å². The molecule has 0 unspecified atom stereocenters. The molecule has 0 saturated carbocycles. The first-order valence-electron chi connectivity index (χ1n) is 10.9. The molecule has 1 aromatic heterocycles. The molecule has 1 aliphatic heterocycles. The summed E-state index contributed by atoms with van der Waals surface area (Å²) >= 11 is 6.82. The van der Waals surface area contributed by atoms with Crippen LogP contribution in [0.5, 0.6) is 5.75 Å². The van der Waals surface area contributed by atoms with Gasteiger partial charge in [-0.05, 0) is 44.2 Å². The largest absolute Gasteiger partial charge is 0.488 e. The number of likely N-dealkylation sites (N-methyl/N-ethyl adjacent to an activating group) is 1. The first-order valence-corrected chi connectivity index (χ1v) is 13.6. The van der Waals surface area contributed by atoms with E-state index in [0.29, 0.717) is 25.1 Å². The molecule has 1 N–H and O–H groups in total. The van der Waals surface area contributed by atoms with Crippen LogP contribution in [0.2, 0.25) is 4.34 Å². The summed E-state index contributed by atoms with van der Waals surface area (Å²) in [4.78, 5) is 12.7. The Balaban J connectivity index is 1.70. The van der Waals surface area contributed by atoms with Crippen molar-refractivity contribution in [3.8, 4) is 16.9 Å². The van der Waals surface area contributed by atoms with Crippen molar-refractivity contribution in [2.75, 3.05) is 24.9 Å². The van der Waals surface area contributed by atoms with Crippen molar-refractivity contribution >= 4 is 44.3 Å². The molecular formula is C23H21ClF3N3O5S2. The van der Waals surface area contributed by atoms with Gasteiger partial charge in [-0.1, -0.05) is 23.7 Å². The van der Waals surface area contributed by atoms with Crippen molar-refractivity contribution in [2.45, 2.75) is 29.8 Å². The minimum absolute atomic E-state index is 0.111. The highest BCUT2D eigenvalue weighted by molar-refractivity contribution is 7.94. The first kappa shape index (κ1) is 27.2. The molecule has 0 bridgehead atoms. The number of rotatable bonds is 7. The number of thiophene rings is 1. The third-order valence-electron chi connectivity index (χ3n) is 5.81. The quantitative estimate of drug-likeness (QED) is 0.266. The fourth-order valence-corrected chi connectivity index (χ4v) is 6.96. The third kappa shape index (κ3) is 6.00. The number of nitrogens with one attached hydrogen (secondary N) is 1. The molecule has 4 rings (SSSR count). The van der Waals surface area contributed by atoms with E-state index in [1.165, 1.54) is 24.3 Å². The zero-order valence-corrected chi connectivity index (χ0v) is 21.9. The molecule has 2 aromatic carbocycles. The Kier molecular flexibility index (Phi) is 7.43.